The van der Waals surface area contributed by atoms with Crippen LogP contribution in [0.2, 0.25) is 0 Å². The first-order chi connectivity index (χ1) is 4.72. The standard InChI is InChI=1S/C6H12N2OS/c1-4-3-5(9-2)8-6(10)7-4/h4-5H,3H2,1-2H3,(H2,7,8,10)/t4-,5+/m1/s1. The average molecular weight is 160 g/mol. The molecule has 0 radical (unpaired) electrons. The van der Waals surface area contributed by atoms with Gasteiger partial charge in [0.05, 0.1) is 0 Å². The Morgan fingerprint density at radius 1 is 1.60 bits per heavy atom. The Bertz CT molecular complexity index is 140. The molecule has 58 valence electrons. The van der Waals surface area contributed by atoms with Crippen molar-refractivity contribution >= 4 is 17.3 Å². The van der Waals surface area contributed by atoms with Crippen molar-refractivity contribution in [3.8, 4) is 0 Å². The van der Waals surface area contributed by atoms with Gasteiger partial charge in [-0.25, -0.2) is 0 Å². The van der Waals surface area contributed by atoms with Crippen LogP contribution in [0.5, 0.6) is 0 Å². The third-order valence-electron chi connectivity index (χ3n) is 1.52. The van der Waals surface area contributed by atoms with E-state index in [-0.39, 0.29) is 6.23 Å². The second-order valence-corrected chi connectivity index (χ2v) is 2.89. The van der Waals surface area contributed by atoms with Crippen LogP contribution in [0.4, 0.5) is 0 Å². The lowest BCUT2D eigenvalue weighted by molar-refractivity contribution is 0.0691. The van der Waals surface area contributed by atoms with Gasteiger partial charge in [0.2, 0.25) is 0 Å². The summed E-state index contributed by atoms with van der Waals surface area (Å²) in [6.07, 6.45) is 1.04. The van der Waals surface area contributed by atoms with Crippen molar-refractivity contribution < 1.29 is 4.74 Å². The summed E-state index contributed by atoms with van der Waals surface area (Å²) in [6, 6.07) is 0.415. The Morgan fingerprint density at radius 2 is 2.30 bits per heavy atom. The lowest BCUT2D eigenvalue weighted by Crippen LogP contribution is -2.53. The molecule has 2 atom stereocenters. The van der Waals surface area contributed by atoms with Gasteiger partial charge in [-0.1, -0.05) is 0 Å². The Hall–Kier alpha value is -0.350. The minimum Gasteiger partial charge on any atom is -0.362 e. The lowest BCUT2D eigenvalue weighted by Gasteiger charge is -2.29. The Balaban J connectivity index is 2.42. The SMILES string of the molecule is CO[C@H]1C[C@@H](C)NC(=S)N1. The van der Waals surface area contributed by atoms with Gasteiger partial charge in [-0.2, -0.15) is 0 Å². The van der Waals surface area contributed by atoms with Gasteiger partial charge in [-0.3, -0.25) is 0 Å². The zero-order valence-corrected chi connectivity index (χ0v) is 6.99. The number of hydrogen-bond acceptors (Lipinski definition) is 2. The van der Waals surface area contributed by atoms with E-state index >= 15 is 0 Å². The summed E-state index contributed by atoms with van der Waals surface area (Å²) in [5, 5.41) is 6.76. The summed E-state index contributed by atoms with van der Waals surface area (Å²) in [6.45, 7) is 2.08. The summed E-state index contributed by atoms with van der Waals surface area (Å²) in [7, 11) is 1.68. The first-order valence-electron chi connectivity index (χ1n) is 3.32. The zero-order chi connectivity index (χ0) is 7.56. The molecule has 0 saturated carbocycles. The molecule has 0 aromatic carbocycles. The summed E-state index contributed by atoms with van der Waals surface area (Å²) in [5.74, 6) is 0. The molecule has 1 rings (SSSR count). The predicted molar refractivity (Wildman–Crippen MR) is 43.7 cm³/mol. The fourth-order valence-electron chi connectivity index (χ4n) is 1.01. The number of thiocarbonyl (C=S) groups is 1. The summed E-state index contributed by atoms with van der Waals surface area (Å²) in [4.78, 5) is 0. The fourth-order valence-corrected chi connectivity index (χ4v) is 1.34. The van der Waals surface area contributed by atoms with E-state index < -0.39 is 0 Å². The van der Waals surface area contributed by atoms with Crippen LogP contribution in [-0.2, 0) is 4.74 Å². The maximum Gasteiger partial charge on any atom is 0.168 e. The van der Waals surface area contributed by atoms with E-state index in [9.17, 15) is 0 Å². The average Bonchev–Trinajstić information content (AvgIpc) is 1.85. The first kappa shape index (κ1) is 7.75. The molecule has 0 aromatic heterocycles. The normalized spacial score (nSPS) is 32.8. The van der Waals surface area contributed by atoms with Crippen LogP contribution in [0.1, 0.15) is 13.3 Å². The highest BCUT2D eigenvalue weighted by Gasteiger charge is 2.19. The predicted octanol–water partition coefficient (Wildman–Crippen LogP) is 0.215. The largest absolute Gasteiger partial charge is 0.362 e. The van der Waals surface area contributed by atoms with E-state index in [1.54, 1.807) is 7.11 Å². The Labute approximate surface area is 66.1 Å². The van der Waals surface area contributed by atoms with Crippen molar-refractivity contribution in [2.45, 2.75) is 25.6 Å². The Morgan fingerprint density at radius 3 is 2.80 bits per heavy atom. The monoisotopic (exact) mass is 160 g/mol. The van der Waals surface area contributed by atoms with Crippen LogP contribution in [0, 0.1) is 0 Å². The summed E-state index contributed by atoms with van der Waals surface area (Å²) >= 11 is 4.92. The zero-order valence-electron chi connectivity index (χ0n) is 6.18. The summed E-state index contributed by atoms with van der Waals surface area (Å²) in [5.41, 5.74) is 0. The van der Waals surface area contributed by atoms with Crippen molar-refractivity contribution in [3.05, 3.63) is 0 Å². The molecular weight excluding hydrogens is 148 g/mol. The maximum atomic E-state index is 5.09. The molecule has 10 heavy (non-hydrogen) atoms. The van der Waals surface area contributed by atoms with Crippen molar-refractivity contribution in [2.75, 3.05) is 7.11 Å². The quantitative estimate of drug-likeness (QED) is 0.537. The third kappa shape index (κ3) is 1.82. The molecular formula is C6H12N2OS. The van der Waals surface area contributed by atoms with Crippen LogP contribution in [0.15, 0.2) is 0 Å². The molecule has 2 N–H and O–H groups in total. The highest BCUT2D eigenvalue weighted by Crippen LogP contribution is 2.03. The van der Waals surface area contributed by atoms with E-state index in [1.165, 1.54) is 0 Å². The van der Waals surface area contributed by atoms with Crippen molar-refractivity contribution in [2.24, 2.45) is 0 Å². The highest BCUT2D eigenvalue weighted by atomic mass is 32.1. The van der Waals surface area contributed by atoms with Crippen LogP contribution in [0.25, 0.3) is 0 Å². The minimum absolute atomic E-state index is 0.0868. The number of nitrogens with one attached hydrogen (secondary N) is 2. The van der Waals surface area contributed by atoms with Crippen LogP contribution in [-0.4, -0.2) is 24.5 Å². The van der Waals surface area contributed by atoms with E-state index in [4.69, 9.17) is 17.0 Å². The molecule has 1 fully saturated rings. The van der Waals surface area contributed by atoms with Gasteiger partial charge in [-0.15, -0.1) is 0 Å². The van der Waals surface area contributed by atoms with E-state index in [0.717, 1.165) is 6.42 Å². The number of rotatable bonds is 1. The number of hydrogen-bond donors (Lipinski definition) is 2. The van der Waals surface area contributed by atoms with Crippen molar-refractivity contribution in [3.63, 3.8) is 0 Å². The minimum atomic E-state index is 0.0868. The van der Waals surface area contributed by atoms with Gasteiger partial charge in [0, 0.05) is 19.6 Å². The molecule has 4 heteroatoms. The molecule has 0 spiro atoms. The van der Waals surface area contributed by atoms with Gasteiger partial charge in [0.15, 0.2) is 5.11 Å². The lowest BCUT2D eigenvalue weighted by atomic mass is 10.2. The molecule has 0 unspecified atom stereocenters. The molecule has 1 aliphatic rings. The molecule has 0 amide bonds. The van der Waals surface area contributed by atoms with E-state index in [1.807, 2.05) is 0 Å². The second-order valence-electron chi connectivity index (χ2n) is 2.48. The van der Waals surface area contributed by atoms with Gasteiger partial charge < -0.3 is 15.4 Å². The van der Waals surface area contributed by atoms with Crippen molar-refractivity contribution in [1.82, 2.24) is 10.6 Å². The molecule has 1 heterocycles. The topological polar surface area (TPSA) is 33.3 Å². The summed E-state index contributed by atoms with van der Waals surface area (Å²) < 4.78 is 5.09. The van der Waals surface area contributed by atoms with Crippen LogP contribution < -0.4 is 10.6 Å². The molecule has 0 bridgehead atoms. The first-order valence-corrected chi connectivity index (χ1v) is 3.73. The van der Waals surface area contributed by atoms with Gasteiger partial charge in [-0.05, 0) is 19.1 Å². The van der Waals surface area contributed by atoms with Crippen LogP contribution in [0.3, 0.4) is 0 Å². The van der Waals surface area contributed by atoms with Gasteiger partial charge in [0.1, 0.15) is 6.23 Å². The van der Waals surface area contributed by atoms with Crippen LogP contribution >= 0.6 is 12.2 Å². The molecule has 0 aliphatic carbocycles. The fraction of sp³-hybridized carbons (Fsp3) is 0.833. The number of methoxy groups -OCH3 is 1. The van der Waals surface area contributed by atoms with E-state index in [0.29, 0.717) is 11.2 Å². The molecule has 1 aliphatic heterocycles. The molecule has 1 saturated heterocycles. The maximum absolute atomic E-state index is 5.09. The van der Waals surface area contributed by atoms with Crippen molar-refractivity contribution in [1.29, 1.82) is 0 Å². The van der Waals surface area contributed by atoms with Gasteiger partial charge >= 0.3 is 0 Å². The highest BCUT2D eigenvalue weighted by molar-refractivity contribution is 7.80. The molecule has 3 nitrogen and oxygen atoms in total. The second kappa shape index (κ2) is 3.16. The van der Waals surface area contributed by atoms with Gasteiger partial charge in [0.25, 0.3) is 0 Å². The smallest absolute Gasteiger partial charge is 0.168 e. The van der Waals surface area contributed by atoms with E-state index in [2.05, 4.69) is 17.6 Å². The third-order valence-corrected chi connectivity index (χ3v) is 1.76. The number of ether oxygens (including phenoxy) is 1. The molecule has 0 aromatic rings. The Kier molecular flexibility index (Phi) is 2.45.